The Bertz CT molecular complexity index is 1150. The van der Waals surface area contributed by atoms with Crippen LogP contribution < -0.4 is 5.32 Å². The number of para-hydroxylation sites is 1. The lowest BCUT2D eigenvalue weighted by Gasteiger charge is -2.08. The summed E-state index contributed by atoms with van der Waals surface area (Å²) in [4.78, 5) is 22.1. The highest BCUT2D eigenvalue weighted by molar-refractivity contribution is 9.10. The summed E-state index contributed by atoms with van der Waals surface area (Å²) in [6.45, 7) is 0. The van der Waals surface area contributed by atoms with Gasteiger partial charge in [-0.25, -0.2) is 9.97 Å². The van der Waals surface area contributed by atoms with Crippen LogP contribution in [-0.4, -0.2) is 21.6 Å². The number of anilines is 1. The van der Waals surface area contributed by atoms with E-state index < -0.39 is 0 Å². The van der Waals surface area contributed by atoms with Crippen LogP contribution in [0.3, 0.4) is 0 Å². The number of nitrogens with one attached hydrogen (secondary N) is 1. The van der Waals surface area contributed by atoms with Crippen LogP contribution in [0.1, 0.15) is 0 Å². The Morgan fingerprint density at radius 1 is 1.14 bits per heavy atom. The molecule has 0 aliphatic rings. The molecule has 2 aromatic heterocycles. The summed E-state index contributed by atoms with van der Waals surface area (Å²) in [7, 11) is 0. The summed E-state index contributed by atoms with van der Waals surface area (Å²) < 4.78 is 0.848. The summed E-state index contributed by atoms with van der Waals surface area (Å²) in [5.41, 5.74) is 2.84. The van der Waals surface area contributed by atoms with Crippen LogP contribution in [0, 0.1) is 0 Å². The topological polar surface area (TPSA) is 54.9 Å². The van der Waals surface area contributed by atoms with Gasteiger partial charge in [0.2, 0.25) is 5.91 Å². The smallest absolute Gasteiger partial charge is 0.234 e. The van der Waals surface area contributed by atoms with Gasteiger partial charge in [-0.2, -0.15) is 0 Å². The lowest BCUT2D eigenvalue weighted by atomic mass is 10.1. The molecule has 0 saturated carbocycles. The first kappa shape index (κ1) is 19.4. The molecule has 0 bridgehead atoms. The molecule has 2 aromatic carbocycles. The van der Waals surface area contributed by atoms with E-state index in [0.717, 1.165) is 36.5 Å². The molecule has 0 aliphatic heterocycles. The molecule has 0 aliphatic carbocycles. The third-order valence-corrected chi connectivity index (χ3v) is 6.80. The number of hydrogen-bond donors (Lipinski definition) is 1. The van der Waals surface area contributed by atoms with Crippen LogP contribution >= 0.6 is 50.6 Å². The molecule has 1 N–H and O–H groups in total. The lowest BCUT2D eigenvalue weighted by molar-refractivity contribution is -0.113. The first-order valence-electron chi connectivity index (χ1n) is 8.27. The fraction of sp³-hybridized carbons (Fsp3) is 0.0500. The molecular formula is C20H13BrClN3OS2. The summed E-state index contributed by atoms with van der Waals surface area (Å²) in [5.74, 6) is 0.163. The van der Waals surface area contributed by atoms with Gasteiger partial charge in [-0.1, -0.05) is 47.6 Å². The van der Waals surface area contributed by atoms with Crippen molar-refractivity contribution in [3.05, 3.63) is 69.7 Å². The number of nitrogens with zero attached hydrogens (tertiary/aromatic N) is 2. The molecule has 0 radical (unpaired) electrons. The van der Waals surface area contributed by atoms with Gasteiger partial charge in [-0.3, -0.25) is 4.79 Å². The minimum Gasteiger partial charge on any atom is -0.324 e. The van der Waals surface area contributed by atoms with E-state index in [4.69, 9.17) is 11.6 Å². The fourth-order valence-corrected chi connectivity index (χ4v) is 4.98. The molecule has 4 aromatic rings. The van der Waals surface area contributed by atoms with E-state index in [1.807, 2.05) is 48.5 Å². The van der Waals surface area contributed by atoms with E-state index in [1.54, 1.807) is 17.7 Å². The Hall–Kier alpha value is -1.93. The van der Waals surface area contributed by atoms with E-state index in [-0.39, 0.29) is 11.7 Å². The molecule has 0 saturated heterocycles. The average molecular weight is 491 g/mol. The number of fused-ring (bicyclic) bond motifs is 1. The van der Waals surface area contributed by atoms with Crippen molar-refractivity contribution in [3.8, 4) is 11.1 Å². The summed E-state index contributed by atoms with van der Waals surface area (Å²) in [5, 5.41) is 7.43. The molecule has 2 heterocycles. The highest BCUT2D eigenvalue weighted by Gasteiger charge is 2.15. The maximum atomic E-state index is 12.4. The molecule has 0 unspecified atom stereocenters. The van der Waals surface area contributed by atoms with Crippen LogP contribution in [-0.2, 0) is 4.79 Å². The maximum absolute atomic E-state index is 12.4. The number of rotatable bonds is 5. The van der Waals surface area contributed by atoms with Crippen molar-refractivity contribution < 1.29 is 4.79 Å². The van der Waals surface area contributed by atoms with E-state index >= 15 is 0 Å². The Labute approximate surface area is 183 Å². The second-order valence-corrected chi connectivity index (χ2v) is 8.94. The van der Waals surface area contributed by atoms with Gasteiger partial charge >= 0.3 is 0 Å². The van der Waals surface area contributed by atoms with Crippen molar-refractivity contribution in [1.29, 1.82) is 0 Å². The van der Waals surface area contributed by atoms with E-state index in [0.29, 0.717) is 5.02 Å². The minimum absolute atomic E-state index is 0.0908. The van der Waals surface area contributed by atoms with Gasteiger partial charge in [0, 0.05) is 20.4 Å². The van der Waals surface area contributed by atoms with Crippen molar-refractivity contribution in [1.82, 2.24) is 9.97 Å². The number of aromatic nitrogens is 2. The van der Waals surface area contributed by atoms with Crippen LogP contribution in [0.15, 0.2) is 69.7 Å². The Morgan fingerprint density at radius 3 is 2.71 bits per heavy atom. The van der Waals surface area contributed by atoms with Crippen LogP contribution in [0.4, 0.5) is 5.69 Å². The number of benzene rings is 2. The molecule has 140 valence electrons. The summed E-state index contributed by atoms with van der Waals surface area (Å²) in [6.07, 6.45) is 1.54. The van der Waals surface area contributed by atoms with Crippen LogP contribution in [0.5, 0.6) is 0 Å². The first-order valence-corrected chi connectivity index (χ1v) is 11.3. The number of carbonyl (C=O) groups is 1. The first-order chi connectivity index (χ1) is 13.6. The van der Waals surface area contributed by atoms with Gasteiger partial charge in [-0.15, -0.1) is 11.3 Å². The second kappa shape index (κ2) is 8.61. The highest BCUT2D eigenvalue weighted by Crippen LogP contribution is 2.38. The zero-order valence-corrected chi connectivity index (χ0v) is 18.3. The summed E-state index contributed by atoms with van der Waals surface area (Å²) in [6, 6.07) is 15.2. The molecule has 0 atom stereocenters. The highest BCUT2D eigenvalue weighted by atomic mass is 79.9. The molecule has 1 amide bonds. The Morgan fingerprint density at radius 2 is 1.93 bits per heavy atom. The molecule has 4 nitrogen and oxygen atoms in total. The quantitative estimate of drug-likeness (QED) is 0.256. The average Bonchev–Trinajstić information content (AvgIpc) is 3.13. The van der Waals surface area contributed by atoms with Gasteiger partial charge in [0.15, 0.2) is 0 Å². The van der Waals surface area contributed by atoms with Gasteiger partial charge in [-0.05, 0) is 45.8 Å². The van der Waals surface area contributed by atoms with E-state index in [1.165, 1.54) is 11.8 Å². The standard InChI is InChI=1S/C20H13BrClN3OS2/c21-15-3-1-2-4-16(15)25-17(26)10-28-20-18-14(9-27-19(18)23-11-24-20)12-5-7-13(22)8-6-12/h1-9,11H,10H2,(H,25,26). The van der Waals surface area contributed by atoms with Gasteiger partial charge < -0.3 is 5.32 Å². The van der Waals surface area contributed by atoms with Gasteiger partial charge in [0.1, 0.15) is 16.2 Å². The summed E-state index contributed by atoms with van der Waals surface area (Å²) >= 11 is 12.4. The minimum atomic E-state index is -0.0908. The van der Waals surface area contributed by atoms with Crippen molar-refractivity contribution >= 4 is 72.4 Å². The van der Waals surface area contributed by atoms with E-state index in [2.05, 4.69) is 36.6 Å². The van der Waals surface area contributed by atoms with Gasteiger partial charge in [0.25, 0.3) is 0 Å². The zero-order chi connectivity index (χ0) is 19.5. The molecule has 4 rings (SSSR count). The number of halogens is 2. The van der Waals surface area contributed by atoms with Crippen molar-refractivity contribution in [2.75, 3.05) is 11.1 Å². The number of thioether (sulfide) groups is 1. The maximum Gasteiger partial charge on any atom is 0.234 e. The predicted molar refractivity (Wildman–Crippen MR) is 121 cm³/mol. The van der Waals surface area contributed by atoms with Crippen molar-refractivity contribution in [3.63, 3.8) is 0 Å². The van der Waals surface area contributed by atoms with Gasteiger partial charge in [0.05, 0.1) is 16.8 Å². The fourth-order valence-electron chi connectivity index (χ4n) is 2.68. The third kappa shape index (κ3) is 4.22. The Balaban J connectivity index is 1.57. The molecular weight excluding hydrogens is 478 g/mol. The zero-order valence-electron chi connectivity index (χ0n) is 14.4. The lowest BCUT2D eigenvalue weighted by Crippen LogP contribution is -2.14. The number of hydrogen-bond acceptors (Lipinski definition) is 5. The number of thiophene rings is 1. The normalized spacial score (nSPS) is 10.9. The third-order valence-electron chi connectivity index (χ3n) is 3.98. The molecule has 0 fully saturated rings. The monoisotopic (exact) mass is 489 g/mol. The van der Waals surface area contributed by atoms with E-state index in [9.17, 15) is 4.79 Å². The largest absolute Gasteiger partial charge is 0.324 e. The number of carbonyl (C=O) groups excluding carboxylic acids is 1. The van der Waals surface area contributed by atoms with Crippen LogP contribution in [0.2, 0.25) is 5.02 Å². The SMILES string of the molecule is O=C(CSc1ncnc2scc(-c3ccc(Cl)cc3)c12)Nc1ccccc1Br. The van der Waals surface area contributed by atoms with Crippen molar-refractivity contribution in [2.24, 2.45) is 0 Å². The second-order valence-electron chi connectivity index (χ2n) is 5.83. The van der Waals surface area contributed by atoms with Crippen molar-refractivity contribution in [2.45, 2.75) is 5.03 Å². The molecule has 28 heavy (non-hydrogen) atoms. The predicted octanol–water partition coefficient (Wildman–Crippen LogP) is 6.51. The van der Waals surface area contributed by atoms with Crippen LogP contribution in [0.25, 0.3) is 21.3 Å². The Kier molecular flexibility index (Phi) is 5.96. The number of amides is 1. The molecule has 8 heteroatoms. The molecule has 0 spiro atoms.